The van der Waals surface area contributed by atoms with Crippen LogP contribution >= 0.6 is 0 Å². The fourth-order valence-electron chi connectivity index (χ4n) is 12.4. The zero-order valence-corrected chi connectivity index (χ0v) is 32.2. The Morgan fingerprint density at radius 1 is 0.735 bits per heavy atom. The minimum atomic E-state index is -0.933. The van der Waals surface area contributed by atoms with E-state index in [2.05, 4.69) is 54.5 Å². The molecule has 10 unspecified atom stereocenters. The van der Waals surface area contributed by atoms with Crippen LogP contribution in [0, 0.1) is 50.2 Å². The molecule has 5 rings (SSSR count). The van der Waals surface area contributed by atoms with Crippen molar-refractivity contribution in [2.75, 3.05) is 6.61 Å². The molecule has 8 nitrogen and oxygen atoms in total. The van der Waals surface area contributed by atoms with E-state index in [0.717, 1.165) is 44.1 Å². The summed E-state index contributed by atoms with van der Waals surface area (Å²) < 4.78 is 24.6. The maximum absolute atomic E-state index is 13.6. The maximum atomic E-state index is 13.6. The Labute approximate surface area is 294 Å². The molecule has 0 radical (unpaired) electrons. The van der Waals surface area contributed by atoms with Crippen molar-refractivity contribution in [3.63, 3.8) is 0 Å². The van der Waals surface area contributed by atoms with Gasteiger partial charge in [-0.2, -0.15) is 0 Å². The summed E-state index contributed by atoms with van der Waals surface area (Å²) in [5, 5.41) is 0. The van der Waals surface area contributed by atoms with Crippen LogP contribution in [0.4, 0.5) is 0 Å². The molecular formula is C41H62O8. The molecular weight excluding hydrogens is 620 g/mol. The van der Waals surface area contributed by atoms with Gasteiger partial charge in [0.25, 0.3) is 0 Å². The molecule has 0 aromatic heterocycles. The van der Waals surface area contributed by atoms with E-state index in [1.54, 1.807) is 0 Å². The molecule has 4 saturated carbocycles. The minimum Gasteiger partial charge on any atom is -0.465 e. The molecule has 10 atom stereocenters. The molecule has 8 heteroatoms. The van der Waals surface area contributed by atoms with E-state index < -0.39 is 35.5 Å². The summed E-state index contributed by atoms with van der Waals surface area (Å²) in [6.45, 7) is 24.5. The molecule has 0 heterocycles. The van der Waals surface area contributed by atoms with Gasteiger partial charge in [-0.15, -0.1) is 0 Å². The van der Waals surface area contributed by atoms with Crippen molar-refractivity contribution < 1.29 is 38.1 Å². The van der Waals surface area contributed by atoms with E-state index in [1.165, 1.54) is 32.4 Å². The van der Waals surface area contributed by atoms with Gasteiger partial charge < -0.3 is 18.9 Å². The van der Waals surface area contributed by atoms with Crippen molar-refractivity contribution in [2.45, 2.75) is 153 Å². The number of esters is 4. The molecule has 0 saturated heterocycles. The van der Waals surface area contributed by atoms with Crippen LogP contribution in [-0.2, 0) is 38.1 Å². The summed E-state index contributed by atoms with van der Waals surface area (Å²) in [4.78, 5) is 51.0. The molecule has 4 fully saturated rings. The van der Waals surface area contributed by atoms with Gasteiger partial charge >= 0.3 is 23.9 Å². The predicted molar refractivity (Wildman–Crippen MR) is 187 cm³/mol. The molecule has 0 N–H and O–H groups in total. The monoisotopic (exact) mass is 682 g/mol. The van der Waals surface area contributed by atoms with Gasteiger partial charge in [-0.25, -0.2) is 4.79 Å². The fraction of sp³-hybridized carbons (Fsp3) is 0.805. The van der Waals surface area contributed by atoms with Crippen molar-refractivity contribution in [1.29, 1.82) is 0 Å². The largest absolute Gasteiger partial charge is 0.465 e. The maximum Gasteiger partial charge on any atom is 0.330 e. The van der Waals surface area contributed by atoms with E-state index in [9.17, 15) is 19.2 Å². The first-order chi connectivity index (χ1) is 22.5. The SMILES string of the molecule is CC(=O)OCC12C(OC(C)=O)CC(C)(C)CC1C1=CCC3C4(C)CCC(OC(C)=O)C(C)(C)C4CCC3(C)C1(C)CC2OC(=O)C=C(C)C. The molecule has 0 spiro atoms. The second-order valence-electron chi connectivity index (χ2n) is 18.7. The van der Waals surface area contributed by atoms with Gasteiger partial charge in [0.05, 0.1) is 5.41 Å². The van der Waals surface area contributed by atoms with Crippen molar-refractivity contribution in [3.05, 3.63) is 23.3 Å². The smallest absolute Gasteiger partial charge is 0.330 e. The Morgan fingerprint density at radius 2 is 1.35 bits per heavy atom. The van der Waals surface area contributed by atoms with Gasteiger partial charge in [-0.1, -0.05) is 65.7 Å². The number of allylic oxidation sites excluding steroid dienone is 3. The lowest BCUT2D eigenvalue weighted by Gasteiger charge is -2.72. The fourth-order valence-corrected chi connectivity index (χ4v) is 12.4. The average Bonchev–Trinajstić information content (AvgIpc) is 2.93. The van der Waals surface area contributed by atoms with Gasteiger partial charge in [0.15, 0.2) is 0 Å². The second-order valence-corrected chi connectivity index (χ2v) is 18.7. The number of hydrogen-bond acceptors (Lipinski definition) is 8. The quantitative estimate of drug-likeness (QED) is 0.119. The van der Waals surface area contributed by atoms with Crippen LogP contribution in [0.2, 0.25) is 0 Å². The first kappa shape index (κ1) is 37.6. The molecule has 0 aromatic carbocycles. The Hall–Kier alpha value is -2.64. The highest BCUT2D eigenvalue weighted by Crippen LogP contribution is 2.76. The number of rotatable bonds is 6. The van der Waals surface area contributed by atoms with Crippen LogP contribution in [0.1, 0.15) is 134 Å². The van der Waals surface area contributed by atoms with Crippen molar-refractivity contribution in [2.24, 2.45) is 50.2 Å². The predicted octanol–water partition coefficient (Wildman–Crippen LogP) is 8.31. The number of carbonyl (C=O) groups is 4. The van der Waals surface area contributed by atoms with E-state index >= 15 is 0 Å². The molecule has 274 valence electrons. The van der Waals surface area contributed by atoms with Gasteiger partial charge in [-0.05, 0) is 105 Å². The summed E-state index contributed by atoms with van der Waals surface area (Å²) in [7, 11) is 0. The van der Waals surface area contributed by atoms with Crippen molar-refractivity contribution in [1.82, 2.24) is 0 Å². The molecule has 0 aromatic rings. The zero-order valence-electron chi connectivity index (χ0n) is 32.2. The highest BCUT2D eigenvalue weighted by Gasteiger charge is 2.73. The van der Waals surface area contributed by atoms with E-state index in [-0.39, 0.29) is 51.7 Å². The second kappa shape index (κ2) is 12.5. The topological polar surface area (TPSA) is 105 Å². The first-order valence-corrected chi connectivity index (χ1v) is 18.6. The van der Waals surface area contributed by atoms with Crippen LogP contribution in [0.25, 0.3) is 0 Å². The van der Waals surface area contributed by atoms with E-state index in [4.69, 9.17) is 18.9 Å². The van der Waals surface area contributed by atoms with E-state index in [0.29, 0.717) is 24.7 Å². The summed E-state index contributed by atoms with van der Waals surface area (Å²) in [6.07, 6.45) is 9.32. The zero-order chi connectivity index (χ0) is 36.5. The minimum absolute atomic E-state index is 0.00682. The molecule has 5 aliphatic rings. The highest BCUT2D eigenvalue weighted by molar-refractivity contribution is 5.83. The van der Waals surface area contributed by atoms with Crippen LogP contribution < -0.4 is 0 Å². The van der Waals surface area contributed by atoms with Crippen LogP contribution in [0.5, 0.6) is 0 Å². The first-order valence-electron chi connectivity index (χ1n) is 18.6. The van der Waals surface area contributed by atoms with Crippen molar-refractivity contribution >= 4 is 23.9 Å². The lowest BCUT2D eigenvalue weighted by atomic mass is 9.33. The number of fused-ring (bicyclic) bond motifs is 7. The van der Waals surface area contributed by atoms with Crippen LogP contribution in [0.15, 0.2) is 23.3 Å². The lowest BCUT2D eigenvalue weighted by molar-refractivity contribution is -0.247. The third kappa shape index (κ3) is 6.09. The highest BCUT2D eigenvalue weighted by atomic mass is 16.6. The van der Waals surface area contributed by atoms with E-state index in [1.807, 2.05) is 13.8 Å². The lowest BCUT2D eigenvalue weighted by Crippen LogP contribution is -2.70. The Balaban J connectivity index is 1.68. The standard InChI is InChI=1S/C41H62O8/c1-24(2)19-35(45)49-34-22-40(12)28(29-20-36(6,7)21-33(48-27(5)44)41(29,34)23-46-25(3)42)13-14-31-38(10)17-16-32(47-26(4)43)37(8,9)30(38)15-18-39(31,40)11/h13,19,29-34H,14-18,20-23H2,1-12H3. The van der Waals surface area contributed by atoms with Crippen molar-refractivity contribution in [3.8, 4) is 0 Å². The summed E-state index contributed by atoms with van der Waals surface area (Å²) >= 11 is 0. The molecule has 0 bridgehead atoms. The average molecular weight is 683 g/mol. The van der Waals surface area contributed by atoms with Crippen LogP contribution in [-0.4, -0.2) is 48.8 Å². The number of ether oxygens (including phenoxy) is 4. The Kier molecular flexibility index (Phi) is 9.63. The number of hydrogen-bond donors (Lipinski definition) is 0. The van der Waals surface area contributed by atoms with Gasteiger partial charge in [0, 0.05) is 32.3 Å². The molecule has 0 amide bonds. The van der Waals surface area contributed by atoms with Gasteiger partial charge in [0.1, 0.15) is 24.9 Å². The normalized spacial score (nSPS) is 41.6. The Bertz CT molecular complexity index is 1430. The molecule has 5 aliphatic carbocycles. The summed E-state index contributed by atoms with van der Waals surface area (Å²) in [5.41, 5.74) is 0.454. The number of carbonyl (C=O) groups excluding carboxylic acids is 4. The van der Waals surface area contributed by atoms with Crippen LogP contribution in [0.3, 0.4) is 0 Å². The summed E-state index contributed by atoms with van der Waals surface area (Å²) in [6, 6.07) is 0. The third-order valence-electron chi connectivity index (χ3n) is 14.6. The molecule has 49 heavy (non-hydrogen) atoms. The Morgan fingerprint density at radius 3 is 1.94 bits per heavy atom. The van der Waals surface area contributed by atoms with Gasteiger partial charge in [0.2, 0.25) is 0 Å². The van der Waals surface area contributed by atoms with Gasteiger partial charge in [-0.3, -0.25) is 14.4 Å². The third-order valence-corrected chi connectivity index (χ3v) is 14.6. The molecule has 0 aliphatic heterocycles. The summed E-state index contributed by atoms with van der Waals surface area (Å²) in [5.74, 6) is -0.833.